The quantitative estimate of drug-likeness (QED) is 0.870. The molecule has 0 spiro atoms. The molecular formula is C18H27N3O2. The number of hydrogen-bond acceptors (Lipinski definition) is 3. The summed E-state index contributed by atoms with van der Waals surface area (Å²) in [5.41, 5.74) is 6.74. The number of benzene rings is 1. The average Bonchev–Trinajstić information content (AvgIpc) is 2.53. The van der Waals surface area contributed by atoms with Crippen LogP contribution in [0.2, 0.25) is 0 Å². The molecule has 2 amide bonds. The standard InChI is InChI=1S/C18H27N3O2/c1-13(2)12-16(22)20-17(14-6-4-3-5-7-14)18(23)21-10-8-15(19)9-11-21/h3-7,13,15,17H,8-12,19H2,1-2H3,(H,20,22). The summed E-state index contributed by atoms with van der Waals surface area (Å²) < 4.78 is 0. The Morgan fingerprint density at radius 1 is 1.22 bits per heavy atom. The maximum atomic E-state index is 12.9. The molecule has 0 aromatic heterocycles. The van der Waals surface area contributed by atoms with Crippen molar-refractivity contribution in [1.29, 1.82) is 0 Å². The van der Waals surface area contributed by atoms with Crippen molar-refractivity contribution in [2.75, 3.05) is 13.1 Å². The van der Waals surface area contributed by atoms with Gasteiger partial charge in [-0.1, -0.05) is 44.2 Å². The van der Waals surface area contributed by atoms with Crippen LogP contribution in [0.25, 0.3) is 0 Å². The topological polar surface area (TPSA) is 75.4 Å². The summed E-state index contributed by atoms with van der Waals surface area (Å²) in [6.45, 7) is 5.29. The van der Waals surface area contributed by atoms with Crippen LogP contribution in [0.5, 0.6) is 0 Å². The van der Waals surface area contributed by atoms with E-state index < -0.39 is 6.04 Å². The van der Waals surface area contributed by atoms with Gasteiger partial charge in [0.25, 0.3) is 0 Å². The number of nitrogens with zero attached hydrogens (tertiary/aromatic N) is 1. The van der Waals surface area contributed by atoms with Crippen molar-refractivity contribution in [3.63, 3.8) is 0 Å². The first kappa shape index (κ1) is 17.5. The Hall–Kier alpha value is -1.88. The second-order valence-corrected chi connectivity index (χ2v) is 6.67. The average molecular weight is 317 g/mol. The molecule has 23 heavy (non-hydrogen) atoms. The summed E-state index contributed by atoms with van der Waals surface area (Å²) in [6, 6.07) is 9.00. The highest BCUT2D eigenvalue weighted by atomic mass is 16.2. The lowest BCUT2D eigenvalue weighted by molar-refractivity contribution is -0.137. The molecule has 0 radical (unpaired) electrons. The van der Waals surface area contributed by atoms with Crippen LogP contribution in [0.4, 0.5) is 0 Å². The SMILES string of the molecule is CC(C)CC(=O)NC(C(=O)N1CCC(N)CC1)c1ccccc1. The molecule has 2 rings (SSSR count). The third-order valence-electron chi connectivity index (χ3n) is 4.13. The Morgan fingerprint density at radius 2 is 1.83 bits per heavy atom. The summed E-state index contributed by atoms with van der Waals surface area (Å²) in [7, 11) is 0. The van der Waals surface area contributed by atoms with Crippen LogP contribution < -0.4 is 11.1 Å². The van der Waals surface area contributed by atoms with Gasteiger partial charge in [0, 0.05) is 25.6 Å². The van der Waals surface area contributed by atoms with E-state index in [1.165, 1.54) is 0 Å². The number of hydrogen-bond donors (Lipinski definition) is 2. The summed E-state index contributed by atoms with van der Waals surface area (Å²) in [4.78, 5) is 26.9. The minimum atomic E-state index is -0.614. The zero-order chi connectivity index (χ0) is 16.8. The third-order valence-corrected chi connectivity index (χ3v) is 4.13. The van der Waals surface area contributed by atoms with Gasteiger partial charge in [-0.25, -0.2) is 0 Å². The van der Waals surface area contributed by atoms with Crippen molar-refractivity contribution in [2.24, 2.45) is 11.7 Å². The van der Waals surface area contributed by atoms with E-state index in [0.29, 0.717) is 19.5 Å². The Balaban J connectivity index is 2.13. The minimum absolute atomic E-state index is 0.0415. The molecule has 1 saturated heterocycles. The van der Waals surface area contributed by atoms with E-state index in [-0.39, 0.29) is 23.8 Å². The van der Waals surface area contributed by atoms with Gasteiger partial charge in [-0.05, 0) is 24.3 Å². The molecule has 1 aromatic carbocycles. The van der Waals surface area contributed by atoms with Crippen molar-refractivity contribution in [2.45, 2.75) is 45.2 Å². The Labute approximate surface area is 138 Å². The van der Waals surface area contributed by atoms with Gasteiger partial charge in [0.15, 0.2) is 0 Å². The first-order chi connectivity index (χ1) is 11.0. The monoisotopic (exact) mass is 317 g/mol. The highest BCUT2D eigenvalue weighted by molar-refractivity contribution is 5.88. The predicted molar refractivity (Wildman–Crippen MR) is 90.6 cm³/mol. The summed E-state index contributed by atoms with van der Waals surface area (Å²) >= 11 is 0. The normalized spacial score (nSPS) is 17.1. The van der Waals surface area contributed by atoms with Gasteiger partial charge in [0.2, 0.25) is 11.8 Å². The van der Waals surface area contributed by atoms with E-state index >= 15 is 0 Å². The van der Waals surface area contributed by atoms with E-state index in [1.54, 1.807) is 0 Å². The van der Waals surface area contributed by atoms with Gasteiger partial charge >= 0.3 is 0 Å². The maximum absolute atomic E-state index is 12.9. The van der Waals surface area contributed by atoms with Gasteiger partial charge in [-0.15, -0.1) is 0 Å². The van der Waals surface area contributed by atoms with Crippen LogP contribution in [0, 0.1) is 5.92 Å². The highest BCUT2D eigenvalue weighted by Gasteiger charge is 2.29. The molecule has 0 aliphatic carbocycles. The predicted octanol–water partition coefficient (Wildman–Crippen LogP) is 1.84. The zero-order valence-electron chi connectivity index (χ0n) is 14.0. The molecule has 1 atom stereocenters. The number of carbonyl (C=O) groups is 2. The Kier molecular flexibility index (Phi) is 6.16. The van der Waals surface area contributed by atoms with Crippen LogP contribution >= 0.6 is 0 Å². The molecule has 3 N–H and O–H groups in total. The fourth-order valence-electron chi connectivity index (χ4n) is 2.83. The van der Waals surface area contributed by atoms with E-state index in [0.717, 1.165) is 18.4 Å². The molecule has 126 valence electrons. The fourth-order valence-corrected chi connectivity index (χ4v) is 2.83. The molecule has 1 aliphatic heterocycles. The van der Waals surface area contributed by atoms with Crippen LogP contribution in [-0.2, 0) is 9.59 Å². The molecule has 1 unspecified atom stereocenters. The van der Waals surface area contributed by atoms with Crippen LogP contribution in [0.3, 0.4) is 0 Å². The van der Waals surface area contributed by atoms with E-state index in [9.17, 15) is 9.59 Å². The van der Waals surface area contributed by atoms with Gasteiger partial charge in [0.1, 0.15) is 6.04 Å². The number of nitrogens with two attached hydrogens (primary N) is 1. The number of nitrogens with one attached hydrogen (secondary N) is 1. The van der Waals surface area contributed by atoms with Crippen molar-refractivity contribution in [1.82, 2.24) is 10.2 Å². The number of amides is 2. The summed E-state index contributed by atoms with van der Waals surface area (Å²) in [5.74, 6) is 0.130. The van der Waals surface area contributed by atoms with Crippen LogP contribution in [0.1, 0.15) is 44.7 Å². The minimum Gasteiger partial charge on any atom is -0.341 e. The van der Waals surface area contributed by atoms with Crippen LogP contribution in [0.15, 0.2) is 30.3 Å². The Bertz CT molecular complexity index is 522. The lowest BCUT2D eigenvalue weighted by Gasteiger charge is -2.33. The molecule has 5 heteroatoms. The lowest BCUT2D eigenvalue weighted by Crippen LogP contribution is -2.48. The fraction of sp³-hybridized carbons (Fsp3) is 0.556. The molecule has 5 nitrogen and oxygen atoms in total. The highest BCUT2D eigenvalue weighted by Crippen LogP contribution is 2.19. The third kappa shape index (κ3) is 5.06. The number of likely N-dealkylation sites (tertiary alicyclic amines) is 1. The van der Waals surface area contributed by atoms with E-state index in [1.807, 2.05) is 49.1 Å². The second-order valence-electron chi connectivity index (χ2n) is 6.67. The molecule has 0 bridgehead atoms. The summed E-state index contributed by atoms with van der Waals surface area (Å²) in [5, 5.41) is 2.91. The molecule has 1 fully saturated rings. The number of piperidine rings is 1. The maximum Gasteiger partial charge on any atom is 0.249 e. The first-order valence-electron chi connectivity index (χ1n) is 8.36. The first-order valence-corrected chi connectivity index (χ1v) is 8.36. The van der Waals surface area contributed by atoms with Crippen molar-refractivity contribution >= 4 is 11.8 Å². The zero-order valence-corrected chi connectivity index (χ0v) is 14.0. The summed E-state index contributed by atoms with van der Waals surface area (Å²) in [6.07, 6.45) is 2.04. The molecule has 0 saturated carbocycles. The molecule has 1 aromatic rings. The largest absolute Gasteiger partial charge is 0.341 e. The van der Waals surface area contributed by atoms with Gasteiger partial charge < -0.3 is 16.0 Å². The van der Waals surface area contributed by atoms with Crippen molar-refractivity contribution in [3.05, 3.63) is 35.9 Å². The van der Waals surface area contributed by atoms with Gasteiger partial charge in [-0.2, -0.15) is 0 Å². The number of carbonyl (C=O) groups excluding carboxylic acids is 2. The smallest absolute Gasteiger partial charge is 0.249 e. The molecule has 1 heterocycles. The number of rotatable bonds is 5. The lowest BCUT2D eigenvalue weighted by atomic mass is 10.0. The van der Waals surface area contributed by atoms with Crippen molar-refractivity contribution < 1.29 is 9.59 Å². The molecular weight excluding hydrogens is 290 g/mol. The van der Waals surface area contributed by atoms with Crippen LogP contribution in [-0.4, -0.2) is 35.8 Å². The van der Waals surface area contributed by atoms with Crippen molar-refractivity contribution in [3.8, 4) is 0 Å². The van der Waals surface area contributed by atoms with Gasteiger partial charge in [0.05, 0.1) is 0 Å². The van der Waals surface area contributed by atoms with E-state index in [2.05, 4.69) is 5.32 Å². The van der Waals surface area contributed by atoms with Gasteiger partial charge in [-0.3, -0.25) is 9.59 Å². The van der Waals surface area contributed by atoms with E-state index in [4.69, 9.17) is 5.73 Å². The second kappa shape index (κ2) is 8.11. The Morgan fingerprint density at radius 3 is 2.39 bits per heavy atom. The molecule has 1 aliphatic rings.